The molecule has 0 atom stereocenters. The molecule has 0 spiro atoms. The van der Waals surface area contributed by atoms with Gasteiger partial charge in [-0.15, -0.1) is 5.10 Å². The number of aryl methyl sites for hydroxylation is 1. The normalized spacial score (nSPS) is 11.9. The minimum atomic E-state index is -0.216. The maximum Gasteiger partial charge on any atom is 0.291 e. The SMILES string of the molecule is CCCCOc1ccc(-c2nn(-c3ccccc3)cc2C=c2sc3nc(-c4cccnc4)nn3c2=O)cc1C. The Kier molecular flexibility index (Phi) is 6.73. The van der Waals surface area contributed by atoms with Crippen molar-refractivity contribution in [3.63, 3.8) is 0 Å². The molecule has 0 radical (unpaired) electrons. The summed E-state index contributed by atoms with van der Waals surface area (Å²) in [6.07, 6.45) is 9.29. The standard InChI is InChI=1S/C30H26N6O2S/c1-3-4-15-38-25-13-12-21(16-20(25)2)27-23(19-35(33-27)24-10-6-5-7-11-24)17-26-29(37)36-30(39-26)32-28(34-36)22-9-8-14-31-18-22/h5-14,16-19H,3-4,15H2,1-2H3. The van der Waals surface area contributed by atoms with Crippen molar-refractivity contribution in [3.8, 4) is 34.1 Å². The van der Waals surface area contributed by atoms with Crippen molar-refractivity contribution in [1.82, 2.24) is 29.4 Å². The van der Waals surface area contributed by atoms with E-state index in [1.807, 2.05) is 78.5 Å². The first kappa shape index (κ1) is 24.7. The summed E-state index contributed by atoms with van der Waals surface area (Å²) in [5.41, 5.74) is 5.07. The molecule has 39 heavy (non-hydrogen) atoms. The van der Waals surface area contributed by atoms with Gasteiger partial charge in [0.2, 0.25) is 4.96 Å². The molecule has 0 saturated heterocycles. The fraction of sp³-hybridized carbons (Fsp3) is 0.167. The molecular weight excluding hydrogens is 508 g/mol. The van der Waals surface area contributed by atoms with Gasteiger partial charge in [-0.05, 0) is 67.4 Å². The van der Waals surface area contributed by atoms with Crippen LogP contribution >= 0.6 is 11.3 Å². The van der Waals surface area contributed by atoms with Gasteiger partial charge in [-0.2, -0.15) is 14.6 Å². The maximum absolute atomic E-state index is 13.3. The van der Waals surface area contributed by atoms with Gasteiger partial charge in [0, 0.05) is 35.3 Å². The van der Waals surface area contributed by atoms with Crippen molar-refractivity contribution in [2.24, 2.45) is 0 Å². The van der Waals surface area contributed by atoms with Crippen molar-refractivity contribution in [2.75, 3.05) is 6.61 Å². The van der Waals surface area contributed by atoms with Gasteiger partial charge in [0.15, 0.2) is 5.82 Å². The first-order valence-electron chi connectivity index (χ1n) is 12.8. The molecule has 8 nitrogen and oxygen atoms in total. The van der Waals surface area contributed by atoms with Gasteiger partial charge in [0.25, 0.3) is 5.56 Å². The quantitative estimate of drug-likeness (QED) is 0.253. The van der Waals surface area contributed by atoms with Crippen LogP contribution in [0.4, 0.5) is 0 Å². The van der Waals surface area contributed by atoms with Gasteiger partial charge in [0.05, 0.1) is 16.8 Å². The summed E-state index contributed by atoms with van der Waals surface area (Å²) in [5.74, 6) is 1.35. The van der Waals surface area contributed by atoms with Gasteiger partial charge >= 0.3 is 0 Å². The molecule has 0 saturated carbocycles. The molecule has 0 amide bonds. The van der Waals surface area contributed by atoms with E-state index in [2.05, 4.69) is 28.1 Å². The Morgan fingerprint density at radius 2 is 1.90 bits per heavy atom. The second kappa shape index (κ2) is 10.6. The van der Waals surface area contributed by atoms with Gasteiger partial charge in [0.1, 0.15) is 11.4 Å². The number of hydrogen-bond acceptors (Lipinski definition) is 7. The van der Waals surface area contributed by atoms with Crippen molar-refractivity contribution < 1.29 is 4.74 Å². The fourth-order valence-corrected chi connectivity index (χ4v) is 5.21. The minimum Gasteiger partial charge on any atom is -0.493 e. The van der Waals surface area contributed by atoms with E-state index in [9.17, 15) is 4.79 Å². The zero-order chi connectivity index (χ0) is 26.8. The Balaban J connectivity index is 1.44. The highest BCUT2D eigenvalue weighted by Crippen LogP contribution is 2.29. The number of nitrogens with zero attached hydrogens (tertiary/aromatic N) is 6. The highest BCUT2D eigenvalue weighted by Gasteiger charge is 2.16. The first-order valence-corrected chi connectivity index (χ1v) is 13.6. The highest BCUT2D eigenvalue weighted by molar-refractivity contribution is 7.15. The fourth-order valence-electron chi connectivity index (χ4n) is 4.31. The van der Waals surface area contributed by atoms with Crippen molar-refractivity contribution in [3.05, 3.63) is 105 Å². The first-order chi connectivity index (χ1) is 19.1. The molecule has 0 aliphatic rings. The molecule has 2 aromatic carbocycles. The largest absolute Gasteiger partial charge is 0.493 e. The summed E-state index contributed by atoms with van der Waals surface area (Å²) >= 11 is 1.30. The molecule has 0 aliphatic heterocycles. The Morgan fingerprint density at radius 1 is 1.03 bits per heavy atom. The topological polar surface area (TPSA) is 87.2 Å². The summed E-state index contributed by atoms with van der Waals surface area (Å²) in [7, 11) is 0. The van der Waals surface area contributed by atoms with Gasteiger partial charge < -0.3 is 4.74 Å². The summed E-state index contributed by atoms with van der Waals surface area (Å²) in [4.78, 5) is 22.5. The Bertz CT molecular complexity index is 1860. The van der Waals surface area contributed by atoms with E-state index >= 15 is 0 Å². The van der Waals surface area contributed by atoms with E-state index in [0.717, 1.165) is 52.2 Å². The maximum atomic E-state index is 13.3. The van der Waals surface area contributed by atoms with E-state index in [1.54, 1.807) is 12.4 Å². The van der Waals surface area contributed by atoms with E-state index in [4.69, 9.17) is 9.84 Å². The van der Waals surface area contributed by atoms with Crippen LogP contribution in [0.15, 0.2) is 84.0 Å². The number of unbranched alkanes of at least 4 members (excludes halogenated alkanes) is 1. The van der Waals surface area contributed by atoms with E-state index < -0.39 is 0 Å². The van der Waals surface area contributed by atoms with Crippen LogP contribution < -0.4 is 14.8 Å². The Hall–Kier alpha value is -4.63. The number of hydrogen-bond donors (Lipinski definition) is 0. The lowest BCUT2D eigenvalue weighted by molar-refractivity contribution is 0.307. The molecule has 0 N–H and O–H groups in total. The number of ether oxygens (including phenoxy) is 1. The van der Waals surface area contributed by atoms with Gasteiger partial charge in [-0.3, -0.25) is 9.78 Å². The average molecular weight is 535 g/mol. The zero-order valence-electron chi connectivity index (χ0n) is 21.6. The number of pyridine rings is 1. The summed E-state index contributed by atoms with van der Waals surface area (Å²) in [5, 5.41) is 9.36. The number of para-hydroxylation sites is 1. The monoisotopic (exact) mass is 534 g/mol. The molecule has 194 valence electrons. The second-order valence-electron chi connectivity index (χ2n) is 9.18. The van der Waals surface area contributed by atoms with Crippen LogP contribution in [0.3, 0.4) is 0 Å². The Labute approximate surface area is 228 Å². The molecule has 0 aliphatic carbocycles. The third-order valence-electron chi connectivity index (χ3n) is 6.36. The van der Waals surface area contributed by atoms with Crippen LogP contribution in [0, 0.1) is 6.92 Å². The third-order valence-corrected chi connectivity index (χ3v) is 7.31. The smallest absolute Gasteiger partial charge is 0.291 e. The zero-order valence-corrected chi connectivity index (χ0v) is 22.4. The van der Waals surface area contributed by atoms with Crippen LogP contribution in [0.1, 0.15) is 30.9 Å². The van der Waals surface area contributed by atoms with Gasteiger partial charge in [-0.25, -0.2) is 4.68 Å². The molecule has 6 aromatic rings. The molecule has 4 aromatic heterocycles. The van der Waals surface area contributed by atoms with Crippen LogP contribution in [0.2, 0.25) is 0 Å². The van der Waals surface area contributed by atoms with E-state index in [-0.39, 0.29) is 5.56 Å². The molecule has 0 unspecified atom stereocenters. The van der Waals surface area contributed by atoms with Crippen LogP contribution in [0.5, 0.6) is 5.75 Å². The molecular formula is C30H26N6O2S. The highest BCUT2D eigenvalue weighted by atomic mass is 32.1. The summed E-state index contributed by atoms with van der Waals surface area (Å²) in [6.45, 7) is 4.88. The number of rotatable bonds is 8. The molecule has 0 bridgehead atoms. The molecule has 0 fully saturated rings. The predicted octanol–water partition coefficient (Wildman–Crippen LogP) is 5.10. The summed E-state index contributed by atoms with van der Waals surface area (Å²) < 4.78 is 9.68. The number of aromatic nitrogens is 6. The minimum absolute atomic E-state index is 0.216. The number of thiazole rings is 1. The van der Waals surface area contributed by atoms with Crippen molar-refractivity contribution in [1.29, 1.82) is 0 Å². The molecule has 4 heterocycles. The Morgan fingerprint density at radius 3 is 2.64 bits per heavy atom. The van der Waals surface area contributed by atoms with Crippen LogP contribution in [-0.2, 0) is 0 Å². The second-order valence-corrected chi connectivity index (χ2v) is 10.2. The van der Waals surface area contributed by atoms with Gasteiger partial charge in [-0.1, -0.05) is 42.9 Å². The van der Waals surface area contributed by atoms with Crippen LogP contribution in [-0.4, -0.2) is 36.0 Å². The summed E-state index contributed by atoms with van der Waals surface area (Å²) in [6, 6.07) is 19.7. The lowest BCUT2D eigenvalue weighted by atomic mass is 10.0. The number of fused-ring (bicyclic) bond motifs is 1. The third kappa shape index (κ3) is 4.96. The van der Waals surface area contributed by atoms with E-state index in [1.165, 1.54) is 15.9 Å². The lowest BCUT2D eigenvalue weighted by Gasteiger charge is -2.10. The number of benzene rings is 2. The van der Waals surface area contributed by atoms with Crippen molar-refractivity contribution >= 4 is 22.4 Å². The lowest BCUT2D eigenvalue weighted by Crippen LogP contribution is -2.23. The molecule has 9 heteroatoms. The average Bonchev–Trinajstić information content (AvgIpc) is 3.66. The molecule has 6 rings (SSSR count). The predicted molar refractivity (Wildman–Crippen MR) is 153 cm³/mol. The van der Waals surface area contributed by atoms with Crippen LogP contribution in [0.25, 0.3) is 39.4 Å². The van der Waals surface area contributed by atoms with Crippen molar-refractivity contribution in [2.45, 2.75) is 26.7 Å². The van der Waals surface area contributed by atoms with E-state index in [0.29, 0.717) is 21.9 Å².